The average molecular weight is 212 g/mol. The zero-order valence-corrected chi connectivity index (χ0v) is 8.95. The maximum atomic E-state index is 5.61. The first kappa shape index (κ1) is 8.70. The van der Waals surface area contributed by atoms with E-state index in [1.165, 1.54) is 16.3 Å². The molecule has 0 spiro atoms. The fourth-order valence-corrected chi connectivity index (χ4v) is 2.28. The van der Waals surface area contributed by atoms with E-state index in [0.29, 0.717) is 0 Å². The van der Waals surface area contributed by atoms with E-state index in [1.807, 2.05) is 17.9 Å². The number of allylic oxidation sites excluding steroid dienone is 1. The first-order valence-corrected chi connectivity index (χ1v) is 5.72. The Labute approximate surface area is 89.9 Å². The van der Waals surface area contributed by atoms with Gasteiger partial charge in [-0.25, -0.2) is 0 Å². The molecule has 2 aromatic rings. The van der Waals surface area contributed by atoms with Gasteiger partial charge in [0, 0.05) is 11.4 Å². The van der Waals surface area contributed by atoms with E-state index in [2.05, 4.69) is 36.4 Å². The van der Waals surface area contributed by atoms with Gasteiger partial charge in [-0.1, -0.05) is 42.5 Å². The first-order chi connectivity index (χ1) is 7.45. The van der Waals surface area contributed by atoms with Gasteiger partial charge in [0.2, 0.25) is 0 Å². The van der Waals surface area contributed by atoms with Crippen LogP contribution in [-0.4, -0.2) is 5.80 Å². The van der Waals surface area contributed by atoms with E-state index in [1.54, 1.807) is 0 Å². The van der Waals surface area contributed by atoms with Crippen molar-refractivity contribution in [3.8, 4) is 5.75 Å². The summed E-state index contributed by atoms with van der Waals surface area (Å²) in [4.78, 5) is 0. The highest BCUT2D eigenvalue weighted by atomic mass is 31.1. The quantitative estimate of drug-likeness (QED) is 0.601. The molecule has 1 nitrogen and oxygen atoms in total. The van der Waals surface area contributed by atoms with Crippen LogP contribution in [0.15, 0.2) is 42.5 Å². The van der Waals surface area contributed by atoms with Crippen molar-refractivity contribution in [3.63, 3.8) is 0 Å². The van der Waals surface area contributed by atoms with Gasteiger partial charge < -0.3 is 4.52 Å². The lowest BCUT2D eigenvalue weighted by molar-refractivity contribution is 0.643. The van der Waals surface area contributed by atoms with Crippen LogP contribution in [0.3, 0.4) is 0 Å². The van der Waals surface area contributed by atoms with Crippen LogP contribution in [0.5, 0.6) is 5.75 Å². The summed E-state index contributed by atoms with van der Waals surface area (Å²) >= 11 is 0. The molecule has 0 aromatic heterocycles. The molecule has 0 amide bonds. The van der Waals surface area contributed by atoms with Crippen LogP contribution in [0.2, 0.25) is 0 Å². The summed E-state index contributed by atoms with van der Waals surface area (Å²) in [7, 11) is 0.888. The van der Waals surface area contributed by atoms with Gasteiger partial charge in [-0.3, -0.25) is 0 Å². The lowest BCUT2D eigenvalue weighted by Gasteiger charge is -2.06. The van der Waals surface area contributed by atoms with Crippen LogP contribution in [0.4, 0.5) is 0 Å². The summed E-state index contributed by atoms with van der Waals surface area (Å²) in [6.45, 7) is 0. The third-order valence-corrected chi connectivity index (χ3v) is 3.09. The van der Waals surface area contributed by atoms with Gasteiger partial charge >= 0.3 is 0 Å². The monoisotopic (exact) mass is 212 g/mol. The topological polar surface area (TPSA) is 9.23 Å². The van der Waals surface area contributed by atoms with Crippen molar-refractivity contribution < 1.29 is 4.52 Å². The van der Waals surface area contributed by atoms with Crippen molar-refractivity contribution in [3.05, 3.63) is 48.0 Å². The van der Waals surface area contributed by atoms with Gasteiger partial charge in [0.05, 0.1) is 0 Å². The van der Waals surface area contributed by atoms with Gasteiger partial charge in [-0.2, -0.15) is 0 Å². The van der Waals surface area contributed by atoms with Crippen LogP contribution in [-0.2, 0) is 0 Å². The van der Waals surface area contributed by atoms with E-state index < -0.39 is 0 Å². The zero-order valence-electron chi connectivity index (χ0n) is 8.05. The van der Waals surface area contributed by atoms with Crippen molar-refractivity contribution in [2.45, 2.75) is 0 Å². The third-order valence-electron chi connectivity index (χ3n) is 2.49. The molecule has 1 heterocycles. The van der Waals surface area contributed by atoms with Crippen LogP contribution < -0.4 is 4.52 Å². The van der Waals surface area contributed by atoms with Crippen LogP contribution in [0.1, 0.15) is 5.56 Å². The zero-order chi connectivity index (χ0) is 10.1. The van der Waals surface area contributed by atoms with E-state index in [9.17, 15) is 0 Å². The van der Waals surface area contributed by atoms with Gasteiger partial charge in [0.15, 0.2) is 0 Å². The standard InChI is InChI=1S/C13H9OP/c1-2-5-11-10(4-1)7-8-13-12(11)6-3-9-15-14-13/h1-9H. The Morgan fingerprint density at radius 2 is 1.93 bits per heavy atom. The van der Waals surface area contributed by atoms with Crippen molar-refractivity contribution in [2.24, 2.45) is 0 Å². The Kier molecular flexibility index (Phi) is 2.04. The second-order valence-electron chi connectivity index (χ2n) is 3.40. The molecule has 0 atom stereocenters. The Balaban J connectivity index is 2.38. The summed E-state index contributed by atoms with van der Waals surface area (Å²) in [5, 5.41) is 2.50. The summed E-state index contributed by atoms with van der Waals surface area (Å²) in [6, 6.07) is 12.5. The molecular formula is C13H9OP. The molecule has 0 radical (unpaired) electrons. The Bertz CT molecular complexity index is 570. The largest absolute Gasteiger partial charge is 0.439 e. The second-order valence-corrected chi connectivity index (χ2v) is 4.09. The Morgan fingerprint density at radius 3 is 2.93 bits per heavy atom. The molecule has 0 unspecified atom stereocenters. The minimum atomic E-state index is 0.888. The molecule has 0 aliphatic carbocycles. The van der Waals surface area contributed by atoms with Crippen molar-refractivity contribution in [2.75, 3.05) is 0 Å². The fraction of sp³-hybridized carbons (Fsp3) is 0. The van der Waals surface area contributed by atoms with Crippen molar-refractivity contribution in [1.82, 2.24) is 0 Å². The highest BCUT2D eigenvalue weighted by Crippen LogP contribution is 2.32. The summed E-state index contributed by atoms with van der Waals surface area (Å²) in [6.07, 6.45) is 4.15. The number of hydrogen-bond acceptors (Lipinski definition) is 1. The third kappa shape index (κ3) is 1.45. The maximum absolute atomic E-state index is 5.61. The van der Waals surface area contributed by atoms with Gasteiger partial charge in [0.1, 0.15) is 14.2 Å². The number of benzene rings is 2. The lowest BCUT2D eigenvalue weighted by Crippen LogP contribution is -1.83. The van der Waals surface area contributed by atoms with Gasteiger partial charge in [-0.05, 0) is 16.8 Å². The van der Waals surface area contributed by atoms with E-state index in [0.717, 1.165) is 14.2 Å². The van der Waals surface area contributed by atoms with Crippen LogP contribution >= 0.6 is 8.43 Å². The normalized spacial score (nSPS) is 14.4. The smallest absolute Gasteiger partial charge is 0.139 e. The van der Waals surface area contributed by atoms with Gasteiger partial charge in [0.25, 0.3) is 0 Å². The molecule has 1 aliphatic heterocycles. The lowest BCUT2D eigenvalue weighted by atomic mass is 10.0. The fourth-order valence-electron chi connectivity index (χ4n) is 1.79. The highest BCUT2D eigenvalue weighted by Gasteiger charge is 2.06. The number of rotatable bonds is 0. The van der Waals surface area contributed by atoms with Gasteiger partial charge in [-0.15, -0.1) is 0 Å². The highest BCUT2D eigenvalue weighted by molar-refractivity contribution is 7.34. The van der Waals surface area contributed by atoms with Crippen molar-refractivity contribution in [1.29, 1.82) is 0 Å². The molecule has 0 N–H and O–H groups in total. The van der Waals surface area contributed by atoms with Crippen molar-refractivity contribution >= 4 is 31.1 Å². The Morgan fingerprint density at radius 1 is 1.00 bits per heavy atom. The number of fused-ring (bicyclic) bond motifs is 3. The SMILES string of the molecule is C1=Cc2c(ccc3ccccc23)OP=C1. The van der Waals surface area contributed by atoms with E-state index in [-0.39, 0.29) is 0 Å². The molecule has 0 saturated carbocycles. The van der Waals surface area contributed by atoms with E-state index in [4.69, 9.17) is 4.52 Å². The molecular weight excluding hydrogens is 203 g/mol. The average Bonchev–Trinajstić information content (AvgIpc) is 2.54. The maximum Gasteiger partial charge on any atom is 0.139 e. The molecule has 2 aromatic carbocycles. The molecule has 1 aliphatic rings. The van der Waals surface area contributed by atoms with Crippen LogP contribution in [0.25, 0.3) is 16.8 Å². The molecule has 0 fully saturated rings. The van der Waals surface area contributed by atoms with E-state index >= 15 is 0 Å². The second kappa shape index (κ2) is 3.52. The summed E-state index contributed by atoms with van der Waals surface area (Å²) < 4.78 is 5.61. The first-order valence-electron chi connectivity index (χ1n) is 4.84. The molecule has 72 valence electrons. The minimum Gasteiger partial charge on any atom is -0.439 e. The summed E-state index contributed by atoms with van der Waals surface area (Å²) in [5.41, 5.74) is 1.18. The predicted octanol–water partition coefficient (Wildman–Crippen LogP) is 3.91. The molecule has 0 saturated heterocycles. The van der Waals surface area contributed by atoms with Crippen LogP contribution in [0, 0.1) is 0 Å². The molecule has 15 heavy (non-hydrogen) atoms. The predicted molar refractivity (Wildman–Crippen MR) is 66.6 cm³/mol. The molecule has 2 heteroatoms. The number of hydrogen-bond donors (Lipinski definition) is 0. The molecule has 3 rings (SSSR count). The Hall–Kier alpha value is -1.59. The molecule has 0 bridgehead atoms. The summed E-state index contributed by atoms with van der Waals surface area (Å²) in [5.74, 6) is 2.95. The minimum absolute atomic E-state index is 0.888.